The highest BCUT2D eigenvalue weighted by Gasteiger charge is 2.36. The minimum atomic E-state index is -1.53. The number of benzene rings is 2. The Morgan fingerprint density at radius 1 is 0.895 bits per heavy atom. The smallest absolute Gasteiger partial charge is 0.0869 e. The van der Waals surface area contributed by atoms with Crippen molar-refractivity contribution >= 4 is 24.0 Å². The maximum absolute atomic E-state index is 12.9. The number of rotatable bonds is 4. The summed E-state index contributed by atoms with van der Waals surface area (Å²) in [5.41, 5.74) is 0. The standard InChI is InChI=1S/C16H21NOP/c1-12(2)17(13(3)4)19(18)16-11-7-9-14-8-5-6-10-15(14)16/h5-13H,1-4H3/q+1. The van der Waals surface area contributed by atoms with Crippen molar-refractivity contribution in [3.63, 3.8) is 0 Å². The van der Waals surface area contributed by atoms with Gasteiger partial charge in [-0.25, -0.2) is 0 Å². The SMILES string of the molecule is CC(C)N(C(C)C)[P+](=O)c1cccc2ccccc12. The van der Waals surface area contributed by atoms with Crippen LogP contribution in [0.3, 0.4) is 0 Å². The van der Waals surface area contributed by atoms with E-state index in [-0.39, 0.29) is 12.1 Å². The number of nitrogens with zero attached hydrogens (tertiary/aromatic N) is 1. The van der Waals surface area contributed by atoms with E-state index >= 15 is 0 Å². The lowest BCUT2D eigenvalue weighted by Crippen LogP contribution is -2.32. The Hall–Kier alpha value is -1.24. The van der Waals surface area contributed by atoms with E-state index in [0.29, 0.717) is 0 Å². The molecular weight excluding hydrogens is 253 g/mol. The van der Waals surface area contributed by atoms with Crippen LogP contribution < -0.4 is 5.30 Å². The summed E-state index contributed by atoms with van der Waals surface area (Å²) >= 11 is 0. The van der Waals surface area contributed by atoms with E-state index in [1.165, 1.54) is 0 Å². The van der Waals surface area contributed by atoms with Crippen molar-refractivity contribution in [3.05, 3.63) is 42.5 Å². The molecule has 0 N–H and O–H groups in total. The molecule has 0 aliphatic heterocycles. The van der Waals surface area contributed by atoms with Gasteiger partial charge >= 0.3 is 7.95 Å². The fraction of sp³-hybridized carbons (Fsp3) is 0.375. The van der Waals surface area contributed by atoms with Crippen molar-refractivity contribution in [2.24, 2.45) is 0 Å². The predicted molar refractivity (Wildman–Crippen MR) is 83.3 cm³/mol. The molecule has 19 heavy (non-hydrogen) atoms. The summed E-state index contributed by atoms with van der Waals surface area (Å²) < 4.78 is 15.0. The zero-order valence-electron chi connectivity index (χ0n) is 12.0. The molecule has 2 nitrogen and oxygen atoms in total. The van der Waals surface area contributed by atoms with Gasteiger partial charge in [0.15, 0.2) is 0 Å². The zero-order chi connectivity index (χ0) is 14.0. The van der Waals surface area contributed by atoms with Gasteiger partial charge in [0.2, 0.25) is 5.30 Å². The number of hydrogen-bond acceptors (Lipinski definition) is 1. The second kappa shape index (κ2) is 5.81. The second-order valence-corrected chi connectivity index (χ2v) is 6.83. The van der Waals surface area contributed by atoms with Crippen LogP contribution in [-0.2, 0) is 4.57 Å². The van der Waals surface area contributed by atoms with Gasteiger partial charge in [0.25, 0.3) is 0 Å². The molecular formula is C16H21NOP+. The zero-order valence-corrected chi connectivity index (χ0v) is 12.9. The number of hydrogen-bond donors (Lipinski definition) is 0. The summed E-state index contributed by atoms with van der Waals surface area (Å²) in [7, 11) is -1.53. The Kier molecular flexibility index (Phi) is 4.34. The molecule has 0 saturated heterocycles. The second-order valence-electron chi connectivity index (χ2n) is 5.34. The van der Waals surface area contributed by atoms with E-state index in [1.807, 2.05) is 24.3 Å². The first-order valence-electron chi connectivity index (χ1n) is 6.75. The Bertz CT molecular complexity index is 579. The molecule has 0 radical (unpaired) electrons. The fourth-order valence-electron chi connectivity index (χ4n) is 2.52. The van der Waals surface area contributed by atoms with Crippen molar-refractivity contribution in [2.45, 2.75) is 39.8 Å². The number of fused-ring (bicyclic) bond motifs is 1. The Balaban J connectivity index is 2.52. The van der Waals surface area contributed by atoms with E-state index in [4.69, 9.17) is 0 Å². The Morgan fingerprint density at radius 3 is 2.11 bits per heavy atom. The molecule has 0 saturated carbocycles. The molecule has 2 aromatic carbocycles. The molecule has 100 valence electrons. The molecule has 2 rings (SSSR count). The molecule has 0 fully saturated rings. The van der Waals surface area contributed by atoms with Crippen LogP contribution in [0.2, 0.25) is 0 Å². The largest absolute Gasteiger partial charge is 0.475 e. The van der Waals surface area contributed by atoms with Crippen LogP contribution >= 0.6 is 7.95 Å². The van der Waals surface area contributed by atoms with Gasteiger partial charge in [-0.2, -0.15) is 0 Å². The first kappa shape index (κ1) is 14.2. The minimum absolute atomic E-state index is 0.266. The maximum atomic E-state index is 12.9. The van der Waals surface area contributed by atoms with Gasteiger partial charge in [-0.1, -0.05) is 35.0 Å². The highest BCUT2D eigenvalue weighted by Crippen LogP contribution is 2.33. The molecule has 0 heterocycles. The molecule has 0 aliphatic carbocycles. The Labute approximate surface area is 116 Å². The third-order valence-corrected chi connectivity index (χ3v) is 5.39. The van der Waals surface area contributed by atoms with Gasteiger partial charge in [-0.15, -0.1) is 0 Å². The van der Waals surface area contributed by atoms with Crippen LogP contribution in [0.1, 0.15) is 27.7 Å². The average Bonchev–Trinajstić information content (AvgIpc) is 2.37. The molecule has 3 heteroatoms. The quantitative estimate of drug-likeness (QED) is 0.774. The predicted octanol–water partition coefficient (Wildman–Crippen LogP) is 4.33. The van der Waals surface area contributed by atoms with Crippen LogP contribution in [-0.4, -0.2) is 16.8 Å². The molecule has 0 amide bonds. The lowest BCUT2D eigenvalue weighted by Gasteiger charge is -2.19. The molecule has 0 bridgehead atoms. The van der Waals surface area contributed by atoms with Crippen molar-refractivity contribution < 1.29 is 4.57 Å². The third kappa shape index (κ3) is 2.86. The monoisotopic (exact) mass is 274 g/mol. The topological polar surface area (TPSA) is 20.3 Å². The summed E-state index contributed by atoms with van der Waals surface area (Å²) in [4.78, 5) is 0. The van der Waals surface area contributed by atoms with Crippen molar-refractivity contribution in [1.82, 2.24) is 4.67 Å². The van der Waals surface area contributed by atoms with Crippen LogP contribution in [0.5, 0.6) is 0 Å². The first-order valence-corrected chi connectivity index (χ1v) is 7.97. The lowest BCUT2D eigenvalue weighted by molar-refractivity contribution is 0.313. The van der Waals surface area contributed by atoms with Gasteiger partial charge in [0, 0.05) is 17.5 Å². The highest BCUT2D eigenvalue weighted by atomic mass is 31.1. The normalized spacial score (nSPS) is 12.7. The van der Waals surface area contributed by atoms with Gasteiger partial charge in [0.1, 0.15) is 0 Å². The van der Waals surface area contributed by atoms with E-state index < -0.39 is 7.95 Å². The summed E-state index contributed by atoms with van der Waals surface area (Å²) in [6.45, 7) is 8.38. The van der Waals surface area contributed by atoms with Crippen LogP contribution in [0, 0.1) is 0 Å². The molecule has 0 aliphatic rings. The van der Waals surface area contributed by atoms with E-state index in [0.717, 1.165) is 16.1 Å². The summed E-state index contributed by atoms with van der Waals surface area (Å²) in [6, 6.07) is 14.7. The fourth-order valence-corrected chi connectivity index (χ4v) is 4.23. The summed E-state index contributed by atoms with van der Waals surface area (Å²) in [6.07, 6.45) is 0. The van der Waals surface area contributed by atoms with Crippen molar-refractivity contribution in [3.8, 4) is 0 Å². The van der Waals surface area contributed by atoms with E-state index in [1.54, 1.807) is 0 Å². The summed E-state index contributed by atoms with van der Waals surface area (Å²) in [5.74, 6) is 0. The van der Waals surface area contributed by atoms with Crippen LogP contribution in [0.25, 0.3) is 10.8 Å². The maximum Gasteiger partial charge on any atom is 0.475 e. The van der Waals surface area contributed by atoms with Gasteiger partial charge in [-0.3, -0.25) is 0 Å². The minimum Gasteiger partial charge on any atom is -0.0869 e. The molecule has 2 aromatic rings. The molecule has 1 unspecified atom stereocenters. The van der Waals surface area contributed by atoms with Crippen LogP contribution in [0.15, 0.2) is 42.5 Å². The van der Waals surface area contributed by atoms with Gasteiger partial charge in [-0.05, 0) is 49.8 Å². The molecule has 1 atom stereocenters. The van der Waals surface area contributed by atoms with Gasteiger partial charge < -0.3 is 0 Å². The molecule has 0 spiro atoms. The van der Waals surface area contributed by atoms with Crippen LogP contribution in [0.4, 0.5) is 0 Å². The highest BCUT2D eigenvalue weighted by molar-refractivity contribution is 7.51. The van der Waals surface area contributed by atoms with E-state index in [9.17, 15) is 4.57 Å². The van der Waals surface area contributed by atoms with Gasteiger partial charge in [0.05, 0.1) is 0 Å². The lowest BCUT2D eigenvalue weighted by atomic mass is 10.1. The third-order valence-electron chi connectivity index (χ3n) is 3.24. The first-order chi connectivity index (χ1) is 9.02. The molecule has 0 aromatic heterocycles. The Morgan fingerprint density at radius 2 is 1.47 bits per heavy atom. The summed E-state index contributed by atoms with van der Waals surface area (Å²) in [5, 5.41) is 3.18. The van der Waals surface area contributed by atoms with Crippen molar-refractivity contribution in [1.29, 1.82) is 0 Å². The van der Waals surface area contributed by atoms with Crippen molar-refractivity contribution in [2.75, 3.05) is 0 Å². The van der Waals surface area contributed by atoms with E-state index in [2.05, 4.69) is 50.6 Å². The average molecular weight is 274 g/mol.